The number of hydrogen-bond donors (Lipinski definition) is 0. The first-order valence-electron chi connectivity index (χ1n) is 22.7. The van der Waals surface area contributed by atoms with E-state index in [1.54, 1.807) is 0 Å². The summed E-state index contributed by atoms with van der Waals surface area (Å²) in [6, 6.07) is 60.2. The number of para-hydroxylation sites is 2. The molecule has 5 heteroatoms. The summed E-state index contributed by atoms with van der Waals surface area (Å²) in [5.74, 6) is 2.62. The Kier molecular flexibility index (Phi) is 9.49. The molecule has 2 aliphatic carbocycles. The van der Waals surface area contributed by atoms with E-state index in [1.165, 1.54) is 38.7 Å². The average Bonchev–Trinajstić information content (AvgIpc) is 3.72. The smallest absolute Gasteiger partial charge is 0.164 e. The van der Waals surface area contributed by atoms with Crippen molar-refractivity contribution in [2.24, 2.45) is 11.8 Å². The number of rotatable bonds is 7. The number of hydrogen-bond acceptors (Lipinski definition) is 4. The second-order valence-electron chi connectivity index (χ2n) is 17.5. The van der Waals surface area contributed by atoms with Gasteiger partial charge in [-0.15, -0.1) is 0 Å². The predicted molar refractivity (Wildman–Crippen MR) is 271 cm³/mol. The number of fused-ring (bicyclic) bond motifs is 6. The number of aromatic nitrogens is 5. The maximum absolute atomic E-state index is 5.57. The molecule has 0 saturated heterocycles. The van der Waals surface area contributed by atoms with Gasteiger partial charge in [-0.3, -0.25) is 0 Å². The highest BCUT2D eigenvalue weighted by Gasteiger charge is 2.26. The molecule has 2 aliphatic rings. The molecule has 5 nitrogen and oxygen atoms in total. The normalized spacial score (nSPS) is 16.2. The van der Waals surface area contributed by atoms with Crippen molar-refractivity contribution in [3.05, 3.63) is 212 Å². The number of pyridine rings is 1. The number of benzene rings is 7. The van der Waals surface area contributed by atoms with Gasteiger partial charge in [0, 0.05) is 44.5 Å². The van der Waals surface area contributed by atoms with Crippen LogP contribution in [0.2, 0.25) is 0 Å². The van der Waals surface area contributed by atoms with Gasteiger partial charge in [0.25, 0.3) is 0 Å². The topological polar surface area (TPSA) is 56.5 Å². The van der Waals surface area contributed by atoms with E-state index in [0.29, 0.717) is 23.4 Å². The molecule has 0 aliphatic heterocycles. The Hall–Kier alpha value is -8.02. The van der Waals surface area contributed by atoms with Crippen molar-refractivity contribution in [1.29, 1.82) is 0 Å². The summed E-state index contributed by atoms with van der Waals surface area (Å²) in [6.07, 6.45) is 13.0. The molecule has 3 heterocycles. The van der Waals surface area contributed by atoms with Crippen LogP contribution < -0.4 is 0 Å². The van der Waals surface area contributed by atoms with Gasteiger partial charge in [-0.1, -0.05) is 190 Å². The molecule has 65 heavy (non-hydrogen) atoms. The lowest BCUT2D eigenvalue weighted by Crippen LogP contribution is -2.09. The molecule has 310 valence electrons. The zero-order chi connectivity index (χ0) is 43.4. The number of nitrogens with zero attached hydrogens (tertiary/aromatic N) is 5. The lowest BCUT2D eigenvalue weighted by molar-refractivity contribution is 0.725. The number of allylic oxidation sites excluding steroid dienone is 8. The van der Waals surface area contributed by atoms with E-state index in [2.05, 4.69) is 213 Å². The minimum absolute atomic E-state index is 0.289. The van der Waals surface area contributed by atoms with Crippen molar-refractivity contribution in [1.82, 2.24) is 24.5 Å². The summed E-state index contributed by atoms with van der Waals surface area (Å²) < 4.78 is 2.49. The van der Waals surface area contributed by atoms with Crippen LogP contribution in [0.15, 0.2) is 200 Å². The van der Waals surface area contributed by atoms with Crippen molar-refractivity contribution in [3.8, 4) is 45.2 Å². The van der Waals surface area contributed by atoms with Gasteiger partial charge in [-0.05, 0) is 81.6 Å². The van der Waals surface area contributed by atoms with Crippen LogP contribution >= 0.6 is 0 Å². The van der Waals surface area contributed by atoms with Crippen molar-refractivity contribution in [2.75, 3.05) is 0 Å². The average molecular weight is 836 g/mol. The predicted octanol–water partition coefficient (Wildman–Crippen LogP) is 15.3. The van der Waals surface area contributed by atoms with Gasteiger partial charge in [0.05, 0.1) is 22.2 Å². The maximum atomic E-state index is 5.57. The Morgan fingerprint density at radius 1 is 0.462 bits per heavy atom. The second kappa shape index (κ2) is 16.0. The molecule has 0 radical (unpaired) electrons. The Morgan fingerprint density at radius 2 is 1.06 bits per heavy atom. The van der Waals surface area contributed by atoms with Gasteiger partial charge in [-0.25, -0.2) is 19.9 Å². The van der Waals surface area contributed by atoms with Crippen LogP contribution in [-0.4, -0.2) is 24.5 Å². The van der Waals surface area contributed by atoms with Crippen molar-refractivity contribution < 1.29 is 0 Å². The van der Waals surface area contributed by atoms with E-state index in [0.717, 1.165) is 73.6 Å². The van der Waals surface area contributed by atoms with Crippen molar-refractivity contribution in [2.45, 2.75) is 26.7 Å². The molecule has 0 N–H and O–H groups in total. The highest BCUT2D eigenvalue weighted by atomic mass is 15.0. The van der Waals surface area contributed by atoms with Gasteiger partial charge in [0.2, 0.25) is 0 Å². The SMILES string of the molecule is CC1CC(c2nc(-c3ccc(-c4ccccc4)cc3)nc(-c3ccc(-c4nc5ccccc5c5c6ccccc6n(C6=CC=CCC6C)c45)c4ccccc34)n2)=CC=C1c1ccccc1. The zero-order valence-electron chi connectivity index (χ0n) is 36.4. The zero-order valence-corrected chi connectivity index (χ0v) is 36.4. The first-order valence-corrected chi connectivity index (χ1v) is 22.7. The van der Waals surface area contributed by atoms with E-state index in [4.69, 9.17) is 19.9 Å². The fraction of sp³-hybridized carbons (Fsp3) is 0.100. The molecule has 0 fully saturated rings. The van der Waals surface area contributed by atoms with Crippen molar-refractivity contribution in [3.63, 3.8) is 0 Å². The molecule has 2 unspecified atom stereocenters. The molecule has 7 aromatic carbocycles. The highest BCUT2D eigenvalue weighted by molar-refractivity contribution is 6.25. The van der Waals surface area contributed by atoms with Gasteiger partial charge in [0.15, 0.2) is 17.5 Å². The molecule has 2 atom stereocenters. The summed E-state index contributed by atoms with van der Waals surface area (Å²) in [6.45, 7) is 4.62. The van der Waals surface area contributed by atoms with Gasteiger partial charge >= 0.3 is 0 Å². The lowest BCUT2D eigenvalue weighted by atomic mass is 9.84. The molecular formula is C60H45N5. The third-order valence-electron chi connectivity index (χ3n) is 13.4. The Morgan fingerprint density at radius 3 is 1.82 bits per heavy atom. The second-order valence-corrected chi connectivity index (χ2v) is 17.5. The molecule has 0 spiro atoms. The Balaban J connectivity index is 1.07. The molecule has 3 aromatic heterocycles. The molecular weight excluding hydrogens is 791 g/mol. The first kappa shape index (κ1) is 38.6. The third-order valence-corrected chi connectivity index (χ3v) is 13.4. The molecule has 0 bridgehead atoms. The largest absolute Gasteiger partial charge is 0.311 e. The fourth-order valence-electron chi connectivity index (χ4n) is 10.1. The van der Waals surface area contributed by atoms with Crippen LogP contribution in [0.25, 0.3) is 105 Å². The fourth-order valence-corrected chi connectivity index (χ4v) is 10.1. The molecule has 0 amide bonds. The van der Waals surface area contributed by atoms with E-state index >= 15 is 0 Å². The minimum Gasteiger partial charge on any atom is -0.311 e. The summed E-state index contributed by atoms with van der Waals surface area (Å²) in [7, 11) is 0. The van der Waals surface area contributed by atoms with Gasteiger partial charge in [-0.2, -0.15) is 0 Å². The first-order chi connectivity index (χ1) is 32.1. The third kappa shape index (κ3) is 6.70. The highest BCUT2D eigenvalue weighted by Crippen LogP contribution is 2.45. The monoisotopic (exact) mass is 835 g/mol. The van der Waals surface area contributed by atoms with Crippen molar-refractivity contribution >= 4 is 60.3 Å². The van der Waals surface area contributed by atoms with Crippen LogP contribution in [-0.2, 0) is 0 Å². The van der Waals surface area contributed by atoms with Crippen LogP contribution in [0.4, 0.5) is 0 Å². The molecule has 10 aromatic rings. The summed E-state index contributed by atoms with van der Waals surface area (Å²) in [5, 5.41) is 5.75. The Labute approximate surface area is 378 Å². The van der Waals surface area contributed by atoms with Crippen LogP contribution in [0.1, 0.15) is 38.1 Å². The Bertz CT molecular complexity index is 3610. The summed E-state index contributed by atoms with van der Waals surface area (Å²) in [4.78, 5) is 21.5. The van der Waals surface area contributed by atoms with E-state index in [1.807, 2.05) is 6.07 Å². The van der Waals surface area contributed by atoms with Gasteiger partial charge < -0.3 is 4.57 Å². The minimum atomic E-state index is 0.289. The van der Waals surface area contributed by atoms with Crippen LogP contribution in [0.3, 0.4) is 0 Å². The van der Waals surface area contributed by atoms with Crippen LogP contribution in [0.5, 0.6) is 0 Å². The summed E-state index contributed by atoms with van der Waals surface area (Å²) >= 11 is 0. The van der Waals surface area contributed by atoms with Crippen LogP contribution in [0, 0.1) is 11.8 Å². The standard InChI is InChI=1S/C60H45N5/c1-38-17-9-15-27-53(38)65-54-28-16-13-25-51(54)55-50-24-12-14-26-52(50)61-56(57(55)65)48-35-36-49(47-23-11-10-22-46(47)48)60-63-58(43-31-29-41(30-32-43)40-18-5-3-6-19-40)62-59(64-60)44-33-34-45(39(2)37-44)42-20-7-4-8-21-42/h3-16,18-36,38-39H,17,37H2,1-2H3. The quantitative estimate of drug-likeness (QED) is 0.160. The summed E-state index contributed by atoms with van der Waals surface area (Å²) in [5.41, 5.74) is 14.5. The van der Waals surface area contributed by atoms with E-state index in [-0.39, 0.29) is 5.92 Å². The molecule has 0 saturated carbocycles. The lowest BCUT2D eigenvalue weighted by Gasteiger charge is -2.22. The van der Waals surface area contributed by atoms with E-state index < -0.39 is 0 Å². The maximum Gasteiger partial charge on any atom is 0.164 e. The van der Waals surface area contributed by atoms with Gasteiger partial charge in [0.1, 0.15) is 0 Å². The molecule has 12 rings (SSSR count). The van der Waals surface area contributed by atoms with E-state index in [9.17, 15) is 0 Å².